The second kappa shape index (κ2) is 7.16. The number of halogens is 3. The fraction of sp³-hybridized carbons (Fsp3) is 0.294. The van der Waals surface area contributed by atoms with Gasteiger partial charge in [-0.3, -0.25) is 9.78 Å². The summed E-state index contributed by atoms with van der Waals surface area (Å²) in [5, 5.41) is 0. The van der Waals surface area contributed by atoms with E-state index < -0.39 is 34.3 Å². The molecule has 3 atom stereocenters. The first kappa shape index (κ1) is 19.7. The summed E-state index contributed by atoms with van der Waals surface area (Å²) in [6.45, 7) is 1.03. The monoisotopic (exact) mass is 461 g/mol. The molecule has 0 bridgehead atoms. The van der Waals surface area contributed by atoms with Gasteiger partial charge in [0.1, 0.15) is 11.5 Å². The van der Waals surface area contributed by atoms with Crippen LogP contribution in [0.25, 0.3) is 0 Å². The van der Waals surface area contributed by atoms with Crippen molar-refractivity contribution in [2.45, 2.75) is 30.3 Å². The van der Waals surface area contributed by atoms with Crippen LogP contribution in [0.2, 0.25) is 0 Å². The molecule has 0 amide bonds. The Morgan fingerprint density at radius 3 is 2.52 bits per heavy atom. The molecule has 0 aliphatic heterocycles. The summed E-state index contributed by atoms with van der Waals surface area (Å²) in [6.07, 6.45) is -2.38. The van der Waals surface area contributed by atoms with Gasteiger partial charge in [0.25, 0.3) is 0 Å². The van der Waals surface area contributed by atoms with Crippen molar-refractivity contribution in [3.63, 3.8) is 0 Å². The van der Waals surface area contributed by atoms with E-state index in [0.717, 1.165) is 13.2 Å². The molecular weight excluding hydrogens is 448 g/mol. The van der Waals surface area contributed by atoms with Crippen molar-refractivity contribution in [2.24, 2.45) is 0 Å². The number of esters is 1. The van der Waals surface area contributed by atoms with Crippen LogP contribution in [0.15, 0.2) is 40.0 Å². The summed E-state index contributed by atoms with van der Waals surface area (Å²) >= 11 is 3.22. The highest BCUT2D eigenvalue weighted by molar-refractivity contribution is 9.10. The lowest BCUT2D eigenvalue weighted by molar-refractivity contribution is -0.150. The van der Waals surface area contributed by atoms with Crippen LogP contribution in [0.4, 0.5) is 8.78 Å². The predicted molar refractivity (Wildman–Crippen MR) is 94.8 cm³/mol. The Morgan fingerprint density at radius 1 is 1.22 bits per heavy atom. The molecule has 1 aliphatic rings. The van der Waals surface area contributed by atoms with Crippen LogP contribution in [0.1, 0.15) is 30.3 Å². The smallest absolute Gasteiger partial charge is 0.303 e. The van der Waals surface area contributed by atoms with Crippen molar-refractivity contribution in [1.82, 2.24) is 4.98 Å². The summed E-state index contributed by atoms with van der Waals surface area (Å²) in [6, 6.07) is 3.98. The van der Waals surface area contributed by atoms with Gasteiger partial charge in [-0.05, 0) is 34.1 Å². The van der Waals surface area contributed by atoms with Gasteiger partial charge >= 0.3 is 5.97 Å². The van der Waals surface area contributed by atoms with E-state index in [0.29, 0.717) is 4.47 Å². The van der Waals surface area contributed by atoms with Crippen LogP contribution in [0, 0.1) is 0 Å². The van der Waals surface area contributed by atoms with E-state index in [1.165, 1.54) is 24.5 Å². The summed E-state index contributed by atoms with van der Waals surface area (Å²) in [4.78, 5) is 14.9. The molecule has 0 saturated carbocycles. The maximum atomic E-state index is 14.8. The number of ether oxygens (including phenoxy) is 2. The third kappa shape index (κ3) is 3.81. The van der Waals surface area contributed by atoms with Crippen LogP contribution in [0.5, 0.6) is 11.5 Å². The number of aromatic nitrogens is 1. The second-order valence-electron chi connectivity index (χ2n) is 5.98. The van der Waals surface area contributed by atoms with Crippen molar-refractivity contribution in [2.75, 3.05) is 6.26 Å². The van der Waals surface area contributed by atoms with Gasteiger partial charge in [-0.25, -0.2) is 17.2 Å². The average Bonchev–Trinajstić information content (AvgIpc) is 2.79. The molecule has 0 spiro atoms. The summed E-state index contributed by atoms with van der Waals surface area (Å²) < 4.78 is 64.6. The molecule has 0 fully saturated rings. The molecule has 10 heteroatoms. The normalized spacial score (nSPS) is 21.6. The van der Waals surface area contributed by atoms with Crippen molar-refractivity contribution in [3.05, 3.63) is 46.2 Å². The molecule has 27 heavy (non-hydrogen) atoms. The van der Waals surface area contributed by atoms with E-state index in [1.54, 1.807) is 6.07 Å². The zero-order valence-electron chi connectivity index (χ0n) is 14.1. The molecule has 2 aromatic rings. The van der Waals surface area contributed by atoms with E-state index in [9.17, 15) is 22.0 Å². The Hall–Kier alpha value is -2.07. The van der Waals surface area contributed by atoms with Crippen LogP contribution in [-0.4, -0.2) is 31.8 Å². The number of nitrogens with zero attached hydrogens (tertiary/aromatic N) is 1. The van der Waals surface area contributed by atoms with Gasteiger partial charge in [-0.1, -0.05) is 0 Å². The number of hydrogen-bond acceptors (Lipinski definition) is 6. The molecule has 0 unspecified atom stereocenters. The van der Waals surface area contributed by atoms with Crippen LogP contribution in [-0.2, 0) is 19.4 Å². The van der Waals surface area contributed by atoms with E-state index in [4.69, 9.17) is 9.47 Å². The van der Waals surface area contributed by atoms with Gasteiger partial charge < -0.3 is 9.47 Å². The molecule has 0 saturated heterocycles. The molecule has 1 aromatic carbocycles. The molecule has 1 aliphatic carbocycles. The Labute approximate surface area is 162 Å². The quantitative estimate of drug-likeness (QED) is 0.639. The molecule has 144 valence electrons. The Kier molecular flexibility index (Phi) is 5.22. The van der Waals surface area contributed by atoms with Gasteiger partial charge in [-0.2, -0.15) is 0 Å². The third-order valence-corrected chi connectivity index (χ3v) is 5.52. The summed E-state index contributed by atoms with van der Waals surface area (Å²) in [5.74, 6) is -0.705. The number of carbonyl (C=O) groups excluding carboxylic acids is 1. The van der Waals surface area contributed by atoms with Crippen LogP contribution < -0.4 is 4.74 Å². The lowest BCUT2D eigenvalue weighted by atomic mass is 10.1. The number of benzene rings is 1. The zero-order chi connectivity index (χ0) is 19.9. The third-order valence-electron chi connectivity index (χ3n) is 3.94. The lowest BCUT2D eigenvalue weighted by Crippen LogP contribution is -2.18. The average molecular weight is 462 g/mol. The van der Waals surface area contributed by atoms with Crippen LogP contribution in [0.3, 0.4) is 0 Å². The van der Waals surface area contributed by atoms with Crippen molar-refractivity contribution < 1.29 is 31.5 Å². The first-order valence-corrected chi connectivity index (χ1v) is 10.4. The maximum absolute atomic E-state index is 14.8. The first-order valence-electron chi connectivity index (χ1n) is 7.70. The number of pyridine rings is 1. The minimum absolute atomic E-state index is 0.0814. The standard InChI is InChI=1S/C17H14BrF2NO5S/c1-8(22)25-17-14-12(27(2,23)24)4-3-11(13(14)15(19)16(17)20)26-10-5-9(18)6-21-7-10/h3-7,15-17H,1-2H3/t15-,16-,17+/m1/s1. The molecular formula is C17H14BrF2NO5S. The Morgan fingerprint density at radius 2 is 1.93 bits per heavy atom. The maximum Gasteiger partial charge on any atom is 0.303 e. The molecule has 1 aromatic heterocycles. The minimum Gasteiger partial charge on any atom is -0.455 e. The summed E-state index contributed by atoms with van der Waals surface area (Å²) in [5.41, 5.74) is -0.537. The number of hydrogen-bond donors (Lipinski definition) is 0. The molecule has 3 rings (SSSR count). The zero-order valence-corrected chi connectivity index (χ0v) is 16.6. The Bertz CT molecular complexity index is 1010. The van der Waals surface area contributed by atoms with Gasteiger partial charge in [-0.15, -0.1) is 0 Å². The van der Waals surface area contributed by atoms with E-state index >= 15 is 0 Å². The van der Waals surface area contributed by atoms with Crippen LogP contribution >= 0.6 is 15.9 Å². The Balaban J connectivity index is 2.19. The fourth-order valence-electron chi connectivity index (χ4n) is 2.94. The van der Waals surface area contributed by atoms with Gasteiger partial charge in [0.2, 0.25) is 0 Å². The largest absolute Gasteiger partial charge is 0.455 e. The van der Waals surface area contributed by atoms with Gasteiger partial charge in [0, 0.05) is 35.0 Å². The highest BCUT2D eigenvalue weighted by Gasteiger charge is 2.48. The number of alkyl halides is 2. The molecule has 0 radical (unpaired) electrons. The first-order chi connectivity index (χ1) is 12.6. The van der Waals surface area contributed by atoms with Crippen molar-refractivity contribution >= 4 is 31.7 Å². The fourth-order valence-corrected chi connectivity index (χ4v) is 4.22. The van der Waals surface area contributed by atoms with Gasteiger partial charge in [0.05, 0.1) is 11.1 Å². The molecule has 1 heterocycles. The van der Waals surface area contributed by atoms with E-state index in [1.807, 2.05) is 0 Å². The number of carbonyl (C=O) groups is 1. The van der Waals surface area contributed by atoms with Crippen molar-refractivity contribution in [1.29, 1.82) is 0 Å². The van der Waals surface area contributed by atoms with Gasteiger partial charge in [0.15, 0.2) is 28.3 Å². The minimum atomic E-state index is -3.84. The molecule has 6 nitrogen and oxygen atoms in total. The summed E-state index contributed by atoms with van der Waals surface area (Å²) in [7, 11) is -3.84. The molecule has 0 N–H and O–H groups in total. The van der Waals surface area contributed by atoms with E-state index in [2.05, 4.69) is 20.9 Å². The topological polar surface area (TPSA) is 82.6 Å². The highest BCUT2D eigenvalue weighted by Crippen LogP contribution is 2.52. The van der Waals surface area contributed by atoms with Crippen molar-refractivity contribution in [3.8, 4) is 11.5 Å². The predicted octanol–water partition coefficient (Wildman–Crippen LogP) is 4.01. The number of rotatable bonds is 4. The number of fused-ring (bicyclic) bond motifs is 1. The second-order valence-corrected chi connectivity index (χ2v) is 8.88. The highest BCUT2D eigenvalue weighted by atomic mass is 79.9. The SMILES string of the molecule is CC(=O)O[C@H]1c2c(S(C)(=O)=O)ccc(Oc3cncc(Br)c3)c2[C@@H](F)[C@H]1F. The van der Waals surface area contributed by atoms with E-state index in [-0.39, 0.29) is 27.5 Å². The number of sulfone groups is 1. The lowest BCUT2D eigenvalue weighted by Gasteiger charge is -2.17.